The van der Waals surface area contributed by atoms with Crippen molar-refractivity contribution in [3.63, 3.8) is 0 Å². The normalized spacial score (nSPS) is 10.3. The molecule has 0 aliphatic heterocycles. The summed E-state index contributed by atoms with van der Waals surface area (Å²) in [6.07, 6.45) is 0.772. The van der Waals surface area contributed by atoms with E-state index in [2.05, 4.69) is 40.4 Å². The number of carbonyl (C=O) groups excluding carboxylic acids is 2. The number of hydrogen-bond acceptors (Lipinski definition) is 2. The Morgan fingerprint density at radius 1 is 1.16 bits per heavy atom. The molecule has 2 amide bonds. The average molecular weight is 327 g/mol. The van der Waals surface area contributed by atoms with E-state index in [1.54, 1.807) is 12.1 Å². The third-order valence-electron chi connectivity index (χ3n) is 2.49. The van der Waals surface area contributed by atoms with Gasteiger partial charge in [0, 0.05) is 16.7 Å². The Morgan fingerprint density at radius 3 is 2.37 bits per heavy atom. The highest BCUT2D eigenvalue weighted by Gasteiger charge is 2.09. The topological polar surface area (TPSA) is 58.2 Å². The average Bonchev–Trinajstić information content (AvgIpc) is 2.31. The van der Waals surface area contributed by atoms with Gasteiger partial charge < -0.3 is 10.6 Å². The Morgan fingerprint density at radius 2 is 1.79 bits per heavy atom. The lowest BCUT2D eigenvalue weighted by molar-refractivity contribution is -0.126. The van der Waals surface area contributed by atoms with Crippen molar-refractivity contribution in [3.05, 3.63) is 28.7 Å². The van der Waals surface area contributed by atoms with Gasteiger partial charge in [0.1, 0.15) is 6.42 Å². The Kier molecular flexibility index (Phi) is 6.56. The first-order valence-electron chi connectivity index (χ1n) is 6.29. The van der Waals surface area contributed by atoms with Crippen molar-refractivity contribution in [2.45, 2.75) is 26.7 Å². The largest absolute Gasteiger partial charge is 0.356 e. The van der Waals surface area contributed by atoms with E-state index in [1.807, 2.05) is 12.1 Å². The molecule has 0 radical (unpaired) electrons. The second-order valence-electron chi connectivity index (χ2n) is 4.76. The Labute approximate surface area is 122 Å². The molecule has 1 aromatic carbocycles. The molecule has 0 saturated heterocycles. The van der Waals surface area contributed by atoms with Crippen molar-refractivity contribution in [1.82, 2.24) is 5.32 Å². The van der Waals surface area contributed by atoms with Gasteiger partial charge in [0.2, 0.25) is 11.8 Å². The molecule has 1 rings (SSSR count). The van der Waals surface area contributed by atoms with Crippen LogP contribution in [0.2, 0.25) is 0 Å². The zero-order valence-electron chi connectivity index (χ0n) is 11.2. The lowest BCUT2D eigenvalue weighted by atomic mass is 10.1. The minimum atomic E-state index is -0.302. The first-order valence-corrected chi connectivity index (χ1v) is 7.09. The molecule has 0 aliphatic carbocycles. The van der Waals surface area contributed by atoms with Gasteiger partial charge in [-0.3, -0.25) is 9.59 Å². The molecule has 2 N–H and O–H groups in total. The summed E-state index contributed by atoms with van der Waals surface area (Å²) < 4.78 is 0.942. The number of carbonyl (C=O) groups is 2. The van der Waals surface area contributed by atoms with Crippen LogP contribution in [-0.2, 0) is 9.59 Å². The highest BCUT2D eigenvalue weighted by Crippen LogP contribution is 2.14. The number of halogens is 1. The molecule has 5 heteroatoms. The summed E-state index contributed by atoms with van der Waals surface area (Å²) in [5, 5.41) is 5.41. The maximum absolute atomic E-state index is 11.6. The lowest BCUT2D eigenvalue weighted by Crippen LogP contribution is -2.29. The number of benzene rings is 1. The van der Waals surface area contributed by atoms with Gasteiger partial charge in [0.15, 0.2) is 0 Å². The van der Waals surface area contributed by atoms with Crippen LogP contribution in [0.4, 0.5) is 5.69 Å². The number of rotatable bonds is 6. The third kappa shape index (κ3) is 6.96. The number of amides is 2. The number of nitrogens with one attached hydrogen (secondary N) is 2. The molecule has 0 atom stereocenters. The van der Waals surface area contributed by atoms with Crippen LogP contribution >= 0.6 is 15.9 Å². The maximum atomic E-state index is 11.6. The van der Waals surface area contributed by atoms with E-state index in [9.17, 15) is 9.59 Å². The summed E-state index contributed by atoms with van der Waals surface area (Å²) >= 11 is 3.32. The van der Waals surface area contributed by atoms with Crippen LogP contribution in [0.3, 0.4) is 0 Å². The minimum absolute atomic E-state index is 0.145. The fourth-order valence-corrected chi connectivity index (χ4v) is 1.71. The fraction of sp³-hybridized carbons (Fsp3) is 0.429. The van der Waals surface area contributed by atoms with Crippen molar-refractivity contribution >= 4 is 33.4 Å². The molecule has 1 aromatic rings. The molecule has 0 aromatic heterocycles. The molecule has 4 nitrogen and oxygen atoms in total. The van der Waals surface area contributed by atoms with Gasteiger partial charge in [-0.05, 0) is 36.6 Å². The maximum Gasteiger partial charge on any atom is 0.233 e. The molecule has 0 saturated carbocycles. The van der Waals surface area contributed by atoms with Crippen molar-refractivity contribution < 1.29 is 9.59 Å². The quantitative estimate of drug-likeness (QED) is 0.789. The molecule has 0 heterocycles. The zero-order chi connectivity index (χ0) is 14.3. The van der Waals surface area contributed by atoms with Crippen LogP contribution in [0, 0.1) is 5.92 Å². The third-order valence-corrected chi connectivity index (χ3v) is 3.02. The second kappa shape index (κ2) is 7.94. The second-order valence-corrected chi connectivity index (χ2v) is 5.68. The molecular formula is C14H19BrN2O2. The summed E-state index contributed by atoms with van der Waals surface area (Å²) in [5.41, 5.74) is 0.684. The van der Waals surface area contributed by atoms with Crippen molar-refractivity contribution in [2.24, 2.45) is 5.92 Å². The van der Waals surface area contributed by atoms with E-state index in [0.29, 0.717) is 18.2 Å². The standard InChI is InChI=1S/C14H19BrN2O2/c1-10(2)7-8-16-13(18)9-14(19)17-12-5-3-11(15)4-6-12/h3-6,10H,7-9H2,1-2H3,(H,16,18)(H,17,19). The van der Waals surface area contributed by atoms with Crippen LogP contribution in [0.1, 0.15) is 26.7 Å². The van der Waals surface area contributed by atoms with Crippen molar-refractivity contribution in [2.75, 3.05) is 11.9 Å². The number of hydrogen-bond donors (Lipinski definition) is 2. The van der Waals surface area contributed by atoms with E-state index in [1.165, 1.54) is 0 Å². The van der Waals surface area contributed by atoms with E-state index in [-0.39, 0.29) is 18.2 Å². The van der Waals surface area contributed by atoms with E-state index >= 15 is 0 Å². The Hall–Kier alpha value is -1.36. The van der Waals surface area contributed by atoms with Gasteiger partial charge in [-0.2, -0.15) is 0 Å². The van der Waals surface area contributed by atoms with Crippen LogP contribution in [0.5, 0.6) is 0 Å². The monoisotopic (exact) mass is 326 g/mol. The van der Waals surface area contributed by atoms with Crippen LogP contribution in [0.15, 0.2) is 28.7 Å². The summed E-state index contributed by atoms with van der Waals surface area (Å²) in [5.74, 6) is -0.00322. The molecular weight excluding hydrogens is 308 g/mol. The van der Waals surface area contributed by atoms with E-state index < -0.39 is 0 Å². The molecule has 0 fully saturated rings. The Balaban J connectivity index is 2.30. The minimum Gasteiger partial charge on any atom is -0.356 e. The summed E-state index contributed by atoms with van der Waals surface area (Å²) in [6, 6.07) is 7.22. The van der Waals surface area contributed by atoms with Gasteiger partial charge in [0.25, 0.3) is 0 Å². The highest BCUT2D eigenvalue weighted by atomic mass is 79.9. The van der Waals surface area contributed by atoms with Crippen LogP contribution in [0.25, 0.3) is 0 Å². The fourth-order valence-electron chi connectivity index (χ4n) is 1.45. The predicted molar refractivity (Wildman–Crippen MR) is 79.9 cm³/mol. The Bertz CT molecular complexity index is 430. The van der Waals surface area contributed by atoms with Gasteiger partial charge in [-0.1, -0.05) is 29.8 Å². The molecule has 0 spiro atoms. The summed E-state index contributed by atoms with van der Waals surface area (Å²) in [7, 11) is 0. The van der Waals surface area contributed by atoms with Gasteiger partial charge in [-0.25, -0.2) is 0 Å². The summed E-state index contributed by atoms with van der Waals surface area (Å²) in [6.45, 7) is 4.79. The predicted octanol–water partition coefficient (Wildman–Crippen LogP) is 2.94. The van der Waals surface area contributed by atoms with Gasteiger partial charge in [-0.15, -0.1) is 0 Å². The molecule has 19 heavy (non-hydrogen) atoms. The van der Waals surface area contributed by atoms with Crippen molar-refractivity contribution in [1.29, 1.82) is 0 Å². The van der Waals surface area contributed by atoms with Crippen LogP contribution in [-0.4, -0.2) is 18.4 Å². The van der Waals surface area contributed by atoms with Crippen LogP contribution < -0.4 is 10.6 Å². The van der Waals surface area contributed by atoms with Gasteiger partial charge in [0.05, 0.1) is 0 Å². The van der Waals surface area contributed by atoms with E-state index in [0.717, 1.165) is 10.9 Å². The smallest absolute Gasteiger partial charge is 0.233 e. The summed E-state index contributed by atoms with van der Waals surface area (Å²) in [4.78, 5) is 23.1. The highest BCUT2D eigenvalue weighted by molar-refractivity contribution is 9.10. The van der Waals surface area contributed by atoms with Gasteiger partial charge >= 0.3 is 0 Å². The molecule has 0 bridgehead atoms. The number of anilines is 1. The lowest BCUT2D eigenvalue weighted by Gasteiger charge is -2.08. The molecule has 104 valence electrons. The van der Waals surface area contributed by atoms with E-state index in [4.69, 9.17) is 0 Å². The first-order chi connectivity index (χ1) is 8.97. The zero-order valence-corrected chi connectivity index (χ0v) is 12.8. The molecule has 0 aliphatic rings. The first kappa shape index (κ1) is 15.7. The molecule has 0 unspecified atom stereocenters. The van der Waals surface area contributed by atoms with Crippen molar-refractivity contribution in [3.8, 4) is 0 Å². The SMILES string of the molecule is CC(C)CCNC(=O)CC(=O)Nc1ccc(Br)cc1.